The molecule has 2 atom stereocenters. The number of ether oxygens (including phenoxy) is 1. The summed E-state index contributed by atoms with van der Waals surface area (Å²) in [5, 5.41) is 1.64. The summed E-state index contributed by atoms with van der Waals surface area (Å²) in [7, 11) is 38.4. The lowest BCUT2D eigenvalue weighted by atomic mass is 9.43. The van der Waals surface area contributed by atoms with Crippen molar-refractivity contribution in [2.75, 3.05) is 13.1 Å². The monoisotopic (exact) mass is 528 g/mol. The van der Waals surface area contributed by atoms with E-state index < -0.39 is 16.1 Å². The van der Waals surface area contributed by atoms with Crippen LogP contribution in [0.2, 0.25) is 0 Å². The lowest BCUT2D eigenvalue weighted by Gasteiger charge is -2.55. The second-order valence-electron chi connectivity index (χ2n) is 11.6. The van der Waals surface area contributed by atoms with Gasteiger partial charge in [0, 0.05) is 43.0 Å². The van der Waals surface area contributed by atoms with Gasteiger partial charge < -0.3 is 26.8 Å². The molecule has 6 N–H and O–H groups in total. The molecule has 40 heavy (non-hydrogen) atoms. The zero-order chi connectivity index (χ0) is 28.8. The third-order valence-electron chi connectivity index (χ3n) is 8.28. The van der Waals surface area contributed by atoms with Gasteiger partial charge >= 0.3 is 0 Å². The molecule has 200 valence electrons. The highest BCUT2D eigenvalue weighted by molar-refractivity contribution is 6.44. The number of likely N-dealkylation sites (tertiary alicyclic amines) is 1. The molecule has 12 radical (unpaired) electrons. The predicted octanol–water partition coefficient (Wildman–Crippen LogP) is 0.694. The first-order valence-electron chi connectivity index (χ1n) is 13.4. The fourth-order valence-electron chi connectivity index (χ4n) is 6.35. The second kappa shape index (κ2) is 12.0. The summed E-state index contributed by atoms with van der Waals surface area (Å²) >= 11 is 0. The Kier molecular flexibility index (Phi) is 9.72. The van der Waals surface area contributed by atoms with Crippen molar-refractivity contribution in [2.24, 2.45) is 42.0 Å². The zero-order valence-electron chi connectivity index (χ0n) is 23.0. The van der Waals surface area contributed by atoms with E-state index >= 15 is 0 Å². The molecule has 3 aliphatic rings. The third kappa shape index (κ3) is 7.20. The molecule has 2 saturated heterocycles. The van der Waals surface area contributed by atoms with Gasteiger partial charge in [0.05, 0.1) is 58.4 Å². The summed E-state index contributed by atoms with van der Waals surface area (Å²) in [6.07, 6.45) is 9.79. The molecular formula is C27H38B6N6O. The Hall–Kier alpha value is -2.12. The minimum Gasteiger partial charge on any atom is -0.407 e. The van der Waals surface area contributed by atoms with E-state index in [9.17, 15) is 0 Å². The van der Waals surface area contributed by atoms with Crippen LogP contribution in [0, 0.1) is 24.7 Å². The van der Waals surface area contributed by atoms with Crippen LogP contribution in [0.4, 0.5) is 0 Å². The first kappa shape index (κ1) is 32.4. The number of allylic oxidation sites excluding steroid dienone is 2. The lowest BCUT2D eigenvalue weighted by molar-refractivity contribution is -0.0525. The van der Waals surface area contributed by atoms with Crippen LogP contribution < -0.4 is 17.2 Å². The molecule has 2 unspecified atom stereocenters. The highest BCUT2D eigenvalue weighted by Gasteiger charge is 2.48. The van der Waals surface area contributed by atoms with Crippen molar-refractivity contribution in [2.45, 2.75) is 62.6 Å². The van der Waals surface area contributed by atoms with Crippen molar-refractivity contribution in [1.82, 2.24) is 14.7 Å². The molecular weight excluding hydrogens is 489 g/mol. The van der Waals surface area contributed by atoms with E-state index in [0.29, 0.717) is 30.4 Å². The Morgan fingerprint density at radius 3 is 2.15 bits per heavy atom. The maximum absolute atomic E-state index is 6.47. The van der Waals surface area contributed by atoms with Crippen LogP contribution in [0.1, 0.15) is 50.7 Å². The van der Waals surface area contributed by atoms with Gasteiger partial charge in [0.1, 0.15) is 0 Å². The van der Waals surface area contributed by atoms with E-state index in [0.717, 1.165) is 35.1 Å². The number of fused-ring (bicyclic) bond motifs is 2. The SMILES string of the molecule is C.Cc1c(/C(N)=C/C=C(N)N)ccc2nn(C)cc12.[B]C1([B])CC(C([B])([B])N2CC3CCCC3C2)CC([B])([B])O1. The first-order chi connectivity index (χ1) is 18.1. The van der Waals surface area contributed by atoms with E-state index in [1.54, 1.807) is 16.8 Å². The van der Waals surface area contributed by atoms with E-state index in [4.69, 9.17) is 69.0 Å². The standard InChI is InChI=1S/C13H17B6NO.C13H17N5.CH4/c14-11(15)4-10(5-12(16,17)21-11)13(18,19)20-6-8-2-1-3-9(8)7-20;1-8-9(11(14)4-6-13(15)16)3-5-12-10(8)7-18(2)17-12;/h8-10H,1-7H2;3-7H,14-16H2,1-2H3;1H4/b;11-4-;. The van der Waals surface area contributed by atoms with E-state index in [1.165, 1.54) is 19.3 Å². The van der Waals surface area contributed by atoms with Crippen LogP contribution in [0.15, 0.2) is 36.3 Å². The Bertz CT molecular complexity index is 1230. The number of nitrogens with two attached hydrogens (primary N) is 3. The minimum atomic E-state index is -1.40. The van der Waals surface area contributed by atoms with Crippen molar-refractivity contribution in [1.29, 1.82) is 0 Å². The van der Waals surface area contributed by atoms with Gasteiger partial charge in [-0.15, -0.1) is 0 Å². The largest absolute Gasteiger partial charge is 0.407 e. The molecule has 5 rings (SSSR count). The molecule has 1 aliphatic carbocycles. The highest BCUT2D eigenvalue weighted by Crippen LogP contribution is 2.44. The first-order valence-corrected chi connectivity index (χ1v) is 13.4. The Morgan fingerprint density at radius 1 is 1.02 bits per heavy atom. The summed E-state index contributed by atoms with van der Waals surface area (Å²) in [4.78, 5) is 2.16. The average Bonchev–Trinajstić information content (AvgIpc) is 3.51. The summed E-state index contributed by atoms with van der Waals surface area (Å²) in [5.41, 5.74) is 20.4. The number of hydrogen-bond acceptors (Lipinski definition) is 6. The number of hydrogen-bond donors (Lipinski definition) is 3. The van der Waals surface area contributed by atoms with Gasteiger partial charge in [-0.25, -0.2) is 0 Å². The van der Waals surface area contributed by atoms with Crippen LogP contribution >= 0.6 is 0 Å². The Balaban J connectivity index is 0.000000218. The van der Waals surface area contributed by atoms with Crippen molar-refractivity contribution in [3.8, 4) is 0 Å². The number of aryl methyl sites for hydroxylation is 2. The molecule has 0 spiro atoms. The Morgan fingerprint density at radius 2 is 1.60 bits per heavy atom. The van der Waals surface area contributed by atoms with Crippen LogP contribution in [-0.2, 0) is 11.8 Å². The molecule has 7 nitrogen and oxygen atoms in total. The van der Waals surface area contributed by atoms with E-state index in [-0.39, 0.29) is 19.2 Å². The van der Waals surface area contributed by atoms with Gasteiger partial charge in [0.25, 0.3) is 0 Å². The topological polar surface area (TPSA) is 108 Å². The molecule has 1 aromatic carbocycles. The number of rotatable bonds is 4. The van der Waals surface area contributed by atoms with E-state index in [1.807, 2.05) is 32.3 Å². The summed E-state index contributed by atoms with van der Waals surface area (Å²) in [6.45, 7) is 3.88. The van der Waals surface area contributed by atoms with Crippen LogP contribution in [-0.4, -0.2) is 91.0 Å². The quantitative estimate of drug-likeness (QED) is 0.399. The van der Waals surface area contributed by atoms with Gasteiger partial charge in [0.2, 0.25) is 0 Å². The van der Waals surface area contributed by atoms with Crippen LogP contribution in [0.3, 0.4) is 0 Å². The minimum absolute atomic E-state index is 0. The third-order valence-corrected chi connectivity index (χ3v) is 8.28. The molecule has 3 heterocycles. The summed E-state index contributed by atoms with van der Waals surface area (Å²) in [5.74, 6) is 1.43. The molecule has 2 aliphatic heterocycles. The molecule has 13 heteroatoms. The molecule has 0 bridgehead atoms. The number of benzene rings is 1. The maximum atomic E-state index is 6.47. The van der Waals surface area contributed by atoms with Crippen molar-refractivity contribution < 1.29 is 4.74 Å². The smallest absolute Gasteiger partial charge is 0.0992 e. The van der Waals surface area contributed by atoms with Gasteiger partial charge in [-0.3, -0.25) is 4.68 Å². The van der Waals surface area contributed by atoms with Gasteiger partial charge in [-0.2, -0.15) is 5.10 Å². The molecule has 1 saturated carbocycles. The summed E-state index contributed by atoms with van der Waals surface area (Å²) in [6, 6.07) is 3.91. The lowest BCUT2D eigenvalue weighted by Crippen LogP contribution is -2.63. The van der Waals surface area contributed by atoms with Crippen LogP contribution in [0.5, 0.6) is 0 Å². The fourth-order valence-corrected chi connectivity index (χ4v) is 6.35. The summed E-state index contributed by atoms with van der Waals surface area (Å²) < 4.78 is 7.10. The highest BCUT2D eigenvalue weighted by atomic mass is 16.5. The van der Waals surface area contributed by atoms with Crippen LogP contribution in [0.25, 0.3) is 16.6 Å². The van der Waals surface area contributed by atoms with Crippen molar-refractivity contribution in [3.63, 3.8) is 0 Å². The molecule has 3 fully saturated rings. The normalized spacial score (nSPS) is 24.5. The Labute approximate surface area is 247 Å². The zero-order valence-corrected chi connectivity index (χ0v) is 23.0. The fraction of sp³-hybridized carbons (Fsp3) is 0.593. The van der Waals surface area contributed by atoms with Gasteiger partial charge in [-0.05, 0) is 84.9 Å². The average molecular weight is 528 g/mol. The molecule has 1 aromatic heterocycles. The van der Waals surface area contributed by atoms with Gasteiger partial charge in [0.15, 0.2) is 0 Å². The predicted molar refractivity (Wildman–Crippen MR) is 170 cm³/mol. The van der Waals surface area contributed by atoms with Gasteiger partial charge in [-0.1, -0.05) is 25.3 Å². The molecule has 0 amide bonds. The van der Waals surface area contributed by atoms with E-state index in [2.05, 4.69) is 10.00 Å². The van der Waals surface area contributed by atoms with Crippen molar-refractivity contribution >= 4 is 63.7 Å². The molecule has 2 aromatic rings. The second-order valence-corrected chi connectivity index (χ2v) is 11.6. The number of aromatic nitrogens is 2. The maximum Gasteiger partial charge on any atom is 0.0992 e. The number of nitrogens with zero attached hydrogens (tertiary/aromatic N) is 3. The van der Waals surface area contributed by atoms with Crippen molar-refractivity contribution in [3.05, 3.63) is 47.4 Å².